The third-order valence-electron chi connectivity index (χ3n) is 2.51. The lowest BCUT2D eigenvalue weighted by Crippen LogP contribution is -2.17. The van der Waals surface area contributed by atoms with Gasteiger partial charge in [0.2, 0.25) is 0 Å². The molecule has 0 saturated heterocycles. The number of hydrogen-bond acceptors (Lipinski definition) is 3. The van der Waals surface area contributed by atoms with Crippen LogP contribution in [0.5, 0.6) is 5.75 Å². The van der Waals surface area contributed by atoms with Gasteiger partial charge in [-0.25, -0.2) is 0 Å². The van der Waals surface area contributed by atoms with Crippen molar-refractivity contribution in [2.75, 3.05) is 0 Å². The van der Waals surface area contributed by atoms with Crippen molar-refractivity contribution in [2.45, 2.75) is 6.36 Å². The molecule has 0 aliphatic carbocycles. The minimum absolute atomic E-state index is 0.147. The van der Waals surface area contributed by atoms with Crippen molar-refractivity contribution in [1.29, 1.82) is 5.26 Å². The third-order valence-corrected chi connectivity index (χ3v) is 2.51. The zero-order valence-corrected chi connectivity index (χ0v) is 10.6. The monoisotopic (exact) mass is 290 g/mol. The number of aromatic nitrogens is 1. The van der Waals surface area contributed by atoms with Gasteiger partial charge in [-0.15, -0.1) is 13.2 Å². The van der Waals surface area contributed by atoms with Crippen LogP contribution in [-0.2, 0) is 0 Å². The van der Waals surface area contributed by atoms with E-state index in [1.165, 1.54) is 30.5 Å². The Morgan fingerprint density at radius 3 is 2.48 bits per heavy atom. The zero-order chi connectivity index (χ0) is 15.3. The summed E-state index contributed by atoms with van der Waals surface area (Å²) in [5.41, 5.74) is 0.674. The highest BCUT2D eigenvalue weighted by Crippen LogP contribution is 2.28. The molecule has 1 heterocycles. The summed E-state index contributed by atoms with van der Waals surface area (Å²) in [7, 11) is 0. The molecule has 1 aromatic heterocycles. The number of ether oxygens (including phenoxy) is 1. The van der Waals surface area contributed by atoms with E-state index < -0.39 is 6.36 Å². The lowest BCUT2D eigenvalue weighted by molar-refractivity contribution is -0.274. The number of nitriles is 1. The first-order valence-electron chi connectivity index (χ1n) is 5.87. The van der Waals surface area contributed by atoms with E-state index in [0.29, 0.717) is 5.69 Å². The van der Waals surface area contributed by atoms with Crippen LogP contribution in [0, 0.1) is 11.3 Å². The van der Waals surface area contributed by atoms with E-state index in [1.54, 1.807) is 24.3 Å². The van der Waals surface area contributed by atoms with E-state index in [9.17, 15) is 13.2 Å². The van der Waals surface area contributed by atoms with Crippen molar-refractivity contribution < 1.29 is 17.9 Å². The van der Waals surface area contributed by atoms with Gasteiger partial charge in [-0.2, -0.15) is 5.26 Å². The van der Waals surface area contributed by atoms with Crippen LogP contribution >= 0.6 is 0 Å². The summed E-state index contributed by atoms with van der Waals surface area (Å²) in [5, 5.41) is 9.14. The molecule has 1 aromatic carbocycles. The largest absolute Gasteiger partial charge is 0.573 e. The maximum absolute atomic E-state index is 12.3. The molecular formula is C15H9F3N2O. The smallest absolute Gasteiger partial charge is 0.405 e. The summed E-state index contributed by atoms with van der Waals surface area (Å²) in [6, 6.07) is 12.5. The van der Waals surface area contributed by atoms with Crippen molar-refractivity contribution >= 4 is 11.6 Å². The Morgan fingerprint density at radius 2 is 1.86 bits per heavy atom. The topological polar surface area (TPSA) is 45.9 Å². The third kappa shape index (κ3) is 4.08. The van der Waals surface area contributed by atoms with E-state index in [0.717, 1.165) is 0 Å². The Labute approximate surface area is 118 Å². The van der Waals surface area contributed by atoms with Crippen LogP contribution in [-0.4, -0.2) is 11.3 Å². The molecule has 6 heteroatoms. The summed E-state index contributed by atoms with van der Waals surface area (Å²) < 4.78 is 41.0. The van der Waals surface area contributed by atoms with E-state index in [-0.39, 0.29) is 16.9 Å². The van der Waals surface area contributed by atoms with Gasteiger partial charge < -0.3 is 4.74 Å². The fourth-order valence-corrected chi connectivity index (χ4v) is 1.66. The Balaban J connectivity index is 2.42. The summed E-state index contributed by atoms with van der Waals surface area (Å²) in [5.74, 6) is -0.367. The summed E-state index contributed by atoms with van der Waals surface area (Å²) in [6.45, 7) is 0. The number of para-hydroxylation sites is 1. The maximum Gasteiger partial charge on any atom is 0.573 e. The van der Waals surface area contributed by atoms with Gasteiger partial charge >= 0.3 is 6.36 Å². The molecule has 0 radical (unpaired) electrons. The van der Waals surface area contributed by atoms with E-state index in [2.05, 4.69) is 9.72 Å². The number of benzene rings is 1. The average molecular weight is 290 g/mol. The van der Waals surface area contributed by atoms with Crippen molar-refractivity contribution in [3.8, 4) is 11.8 Å². The minimum Gasteiger partial charge on any atom is -0.405 e. The SMILES string of the molecule is N#C/C(=C\c1ccccc1OC(F)(F)F)c1ccccn1. The van der Waals surface area contributed by atoms with Gasteiger partial charge in [-0.05, 0) is 24.3 Å². The molecule has 3 nitrogen and oxygen atoms in total. The van der Waals surface area contributed by atoms with Crippen LogP contribution in [0.15, 0.2) is 48.7 Å². The number of pyridine rings is 1. The van der Waals surface area contributed by atoms with Gasteiger partial charge in [0, 0.05) is 11.8 Å². The van der Waals surface area contributed by atoms with Gasteiger partial charge in [0.05, 0.1) is 11.3 Å². The molecule has 0 unspecified atom stereocenters. The summed E-state index contributed by atoms with van der Waals surface area (Å²) in [4.78, 5) is 4.00. The molecule has 0 saturated carbocycles. The molecule has 2 rings (SSSR count). The predicted molar refractivity (Wildman–Crippen MR) is 70.8 cm³/mol. The summed E-state index contributed by atoms with van der Waals surface area (Å²) >= 11 is 0. The van der Waals surface area contributed by atoms with Crippen LogP contribution < -0.4 is 4.74 Å². The van der Waals surface area contributed by atoms with Crippen LogP contribution in [0.4, 0.5) is 13.2 Å². The van der Waals surface area contributed by atoms with Crippen molar-refractivity contribution in [2.24, 2.45) is 0 Å². The van der Waals surface area contributed by atoms with E-state index in [4.69, 9.17) is 5.26 Å². The van der Waals surface area contributed by atoms with Gasteiger partial charge in [0.25, 0.3) is 0 Å². The highest BCUT2D eigenvalue weighted by atomic mass is 19.4. The molecule has 0 fully saturated rings. The number of nitrogens with zero attached hydrogens (tertiary/aromatic N) is 2. The van der Waals surface area contributed by atoms with Crippen LogP contribution in [0.3, 0.4) is 0 Å². The molecule has 0 atom stereocenters. The second kappa shape index (κ2) is 6.09. The molecular weight excluding hydrogens is 281 g/mol. The highest BCUT2D eigenvalue weighted by molar-refractivity contribution is 5.89. The van der Waals surface area contributed by atoms with Crippen molar-refractivity contribution in [1.82, 2.24) is 4.98 Å². The van der Waals surface area contributed by atoms with Crippen LogP contribution in [0.25, 0.3) is 11.6 Å². The van der Waals surface area contributed by atoms with E-state index in [1.807, 2.05) is 6.07 Å². The number of allylic oxidation sites excluding steroid dienone is 1. The first-order chi connectivity index (χ1) is 9.99. The second-order valence-electron chi connectivity index (χ2n) is 3.97. The molecule has 0 bridgehead atoms. The fraction of sp³-hybridized carbons (Fsp3) is 0.0667. The average Bonchev–Trinajstić information content (AvgIpc) is 2.45. The predicted octanol–water partition coefficient (Wildman–Crippen LogP) is 4.04. The second-order valence-corrected chi connectivity index (χ2v) is 3.97. The molecule has 0 spiro atoms. The fourth-order valence-electron chi connectivity index (χ4n) is 1.66. The normalized spacial score (nSPS) is 11.8. The van der Waals surface area contributed by atoms with Gasteiger partial charge in [-0.3, -0.25) is 4.98 Å². The van der Waals surface area contributed by atoms with Crippen molar-refractivity contribution in [3.05, 3.63) is 59.9 Å². The summed E-state index contributed by atoms with van der Waals surface area (Å²) in [6.07, 6.45) is -1.98. The van der Waals surface area contributed by atoms with Gasteiger partial charge in [0.15, 0.2) is 0 Å². The quantitative estimate of drug-likeness (QED) is 0.801. The van der Waals surface area contributed by atoms with Crippen molar-refractivity contribution in [3.63, 3.8) is 0 Å². The van der Waals surface area contributed by atoms with Crippen LogP contribution in [0.1, 0.15) is 11.3 Å². The van der Waals surface area contributed by atoms with Gasteiger partial charge in [0.1, 0.15) is 11.8 Å². The number of rotatable bonds is 3. The number of alkyl halides is 3. The first-order valence-corrected chi connectivity index (χ1v) is 5.87. The highest BCUT2D eigenvalue weighted by Gasteiger charge is 2.31. The van der Waals surface area contributed by atoms with E-state index >= 15 is 0 Å². The molecule has 2 aromatic rings. The lowest BCUT2D eigenvalue weighted by Gasteiger charge is -2.11. The standard InChI is InChI=1S/C15H9F3N2O/c16-15(17,18)21-14-7-2-1-5-11(14)9-12(10-19)13-6-3-4-8-20-13/h1-9H/b12-9+. The Bertz CT molecular complexity index is 688. The molecule has 21 heavy (non-hydrogen) atoms. The molecule has 0 aliphatic heterocycles. The Hall–Kier alpha value is -2.81. The number of hydrogen-bond donors (Lipinski definition) is 0. The first kappa shape index (κ1) is 14.6. The molecule has 0 aliphatic rings. The number of halogens is 3. The molecule has 0 N–H and O–H groups in total. The van der Waals surface area contributed by atoms with Gasteiger partial charge in [-0.1, -0.05) is 24.3 Å². The Morgan fingerprint density at radius 1 is 1.14 bits per heavy atom. The maximum atomic E-state index is 12.3. The Kier molecular flexibility index (Phi) is 4.24. The van der Waals surface area contributed by atoms with Crippen LogP contribution in [0.2, 0.25) is 0 Å². The molecule has 106 valence electrons. The molecule has 0 amide bonds. The lowest BCUT2D eigenvalue weighted by atomic mass is 10.1. The minimum atomic E-state index is -4.79. The zero-order valence-electron chi connectivity index (χ0n) is 10.6.